The van der Waals surface area contributed by atoms with Crippen LogP contribution in [-0.2, 0) is 9.59 Å². The molecule has 3 fully saturated rings. The number of hydrogen-bond donors (Lipinski definition) is 2. The molecule has 3 saturated heterocycles. The van der Waals surface area contributed by atoms with Crippen molar-refractivity contribution in [2.45, 2.75) is 37.3 Å². The van der Waals surface area contributed by atoms with Gasteiger partial charge >= 0.3 is 6.03 Å². The summed E-state index contributed by atoms with van der Waals surface area (Å²) in [6.07, 6.45) is 4.33. The fraction of sp³-hybridized carbons (Fsp3) is 0.632. The Hall–Kier alpha value is -2.95. The van der Waals surface area contributed by atoms with Crippen LogP contribution in [-0.4, -0.2) is 100 Å². The molecule has 0 bridgehead atoms. The zero-order chi connectivity index (χ0) is 21.9. The van der Waals surface area contributed by atoms with E-state index in [0.29, 0.717) is 38.4 Å². The monoisotopic (exact) mass is 420 g/mol. The number of carbonyl (C=O) groups excluding carboxylic acids is 2. The lowest BCUT2D eigenvalue weighted by Gasteiger charge is -2.41. The third kappa shape index (κ3) is 3.89. The molecule has 0 aromatic carbocycles. The van der Waals surface area contributed by atoms with Gasteiger partial charge in [-0.3, -0.25) is 14.5 Å². The molecule has 1 aromatic rings. The average Bonchev–Trinajstić information content (AvgIpc) is 2.91. The molecule has 1 unspecified atom stereocenters. The molecule has 1 aromatic heterocycles. The van der Waals surface area contributed by atoms with Gasteiger partial charge in [-0.2, -0.15) is 4.98 Å². The van der Waals surface area contributed by atoms with Gasteiger partial charge in [0.15, 0.2) is 0 Å². The van der Waals surface area contributed by atoms with Gasteiger partial charge in [0.1, 0.15) is 11.4 Å². The first-order chi connectivity index (χ1) is 14.3. The number of aliphatic hydroxyl groups is 1. The summed E-state index contributed by atoms with van der Waals surface area (Å²) in [7, 11) is 3.25. The van der Waals surface area contributed by atoms with Gasteiger partial charge in [0.25, 0.3) is 12.4 Å². The highest BCUT2D eigenvalue weighted by Gasteiger charge is 2.55. The number of carbonyl (C=O) groups is 3. The quantitative estimate of drug-likeness (QED) is 0.501. The Morgan fingerprint density at radius 2 is 1.83 bits per heavy atom. The number of hydrogen-bond acceptors (Lipinski definition) is 8. The second-order valence-corrected chi connectivity index (χ2v) is 7.79. The Balaban J connectivity index is 0.000000806. The molecule has 11 heteroatoms. The summed E-state index contributed by atoms with van der Waals surface area (Å²) in [4.78, 5) is 49.2. The number of aliphatic hydroxyl groups excluding tert-OH is 1. The molecule has 2 N–H and O–H groups in total. The first-order valence-electron chi connectivity index (χ1n) is 9.99. The molecule has 3 aliphatic rings. The van der Waals surface area contributed by atoms with E-state index in [4.69, 9.17) is 14.9 Å². The van der Waals surface area contributed by atoms with E-state index >= 15 is 0 Å². The molecular formula is C19H28N6O5. The van der Waals surface area contributed by atoms with E-state index in [-0.39, 0.29) is 24.5 Å². The highest BCUT2D eigenvalue weighted by molar-refractivity contribution is 6.06. The molecule has 1 spiro atoms. The van der Waals surface area contributed by atoms with E-state index in [2.05, 4.69) is 14.8 Å². The van der Waals surface area contributed by atoms with Crippen LogP contribution in [0.15, 0.2) is 12.3 Å². The number of carboxylic acid groups (broad SMARTS) is 1. The number of urea groups is 1. The molecule has 30 heavy (non-hydrogen) atoms. The topological polar surface area (TPSA) is 130 Å². The number of anilines is 2. The molecule has 0 saturated carbocycles. The van der Waals surface area contributed by atoms with Crippen LogP contribution < -0.4 is 9.80 Å². The molecule has 0 radical (unpaired) electrons. The first-order valence-corrected chi connectivity index (χ1v) is 9.99. The van der Waals surface area contributed by atoms with Crippen LogP contribution in [0.1, 0.15) is 25.7 Å². The largest absolute Gasteiger partial charge is 0.483 e. The Labute approximate surface area is 174 Å². The lowest BCUT2D eigenvalue weighted by molar-refractivity contribution is -0.133. The maximum Gasteiger partial charge on any atom is 0.327 e. The van der Waals surface area contributed by atoms with Crippen molar-refractivity contribution < 1.29 is 24.6 Å². The molecule has 1 atom stereocenters. The Morgan fingerprint density at radius 3 is 2.40 bits per heavy atom. The van der Waals surface area contributed by atoms with Crippen molar-refractivity contribution in [1.29, 1.82) is 0 Å². The molecule has 4 heterocycles. The summed E-state index contributed by atoms with van der Waals surface area (Å²) >= 11 is 0. The Kier molecular flexibility index (Phi) is 6.40. The fourth-order valence-corrected chi connectivity index (χ4v) is 4.41. The summed E-state index contributed by atoms with van der Waals surface area (Å²) < 4.78 is 0. The predicted octanol–water partition coefficient (Wildman–Crippen LogP) is 0.00130. The zero-order valence-corrected chi connectivity index (χ0v) is 17.3. The maximum absolute atomic E-state index is 12.6. The van der Waals surface area contributed by atoms with Gasteiger partial charge in [-0.1, -0.05) is 0 Å². The van der Waals surface area contributed by atoms with Crippen LogP contribution in [0.3, 0.4) is 0 Å². The SMILES string of the molecule is CN1C(=O)N(C)C2(CCN(c3nccc(N4CCCC(O)C4)n3)CC2)C1=O.O=CO. The van der Waals surface area contributed by atoms with Crippen molar-refractivity contribution >= 4 is 30.2 Å². The first kappa shape index (κ1) is 21.8. The third-order valence-corrected chi connectivity index (χ3v) is 6.14. The van der Waals surface area contributed by atoms with Crippen molar-refractivity contribution in [3.05, 3.63) is 12.3 Å². The number of piperidine rings is 2. The van der Waals surface area contributed by atoms with Gasteiger partial charge in [0, 0.05) is 46.5 Å². The highest BCUT2D eigenvalue weighted by atomic mass is 16.3. The van der Waals surface area contributed by atoms with Gasteiger partial charge in [-0.05, 0) is 31.7 Å². The van der Waals surface area contributed by atoms with Crippen LogP contribution >= 0.6 is 0 Å². The summed E-state index contributed by atoms with van der Waals surface area (Å²) in [5.41, 5.74) is -0.739. The summed E-state index contributed by atoms with van der Waals surface area (Å²) in [5.74, 6) is 1.34. The number of amides is 3. The van der Waals surface area contributed by atoms with Gasteiger partial charge in [0.2, 0.25) is 5.95 Å². The van der Waals surface area contributed by atoms with Crippen molar-refractivity contribution in [2.75, 3.05) is 50.1 Å². The summed E-state index contributed by atoms with van der Waals surface area (Å²) in [6.45, 7) is 2.45. The van der Waals surface area contributed by atoms with E-state index < -0.39 is 5.54 Å². The second-order valence-electron chi connectivity index (χ2n) is 7.79. The maximum atomic E-state index is 12.6. The van der Waals surface area contributed by atoms with Crippen LogP contribution in [0.5, 0.6) is 0 Å². The molecular weight excluding hydrogens is 392 g/mol. The smallest absolute Gasteiger partial charge is 0.327 e. The average molecular weight is 420 g/mol. The molecule has 3 amide bonds. The fourth-order valence-electron chi connectivity index (χ4n) is 4.41. The molecule has 0 aliphatic carbocycles. The van der Waals surface area contributed by atoms with E-state index in [0.717, 1.165) is 25.2 Å². The predicted molar refractivity (Wildman–Crippen MR) is 108 cm³/mol. The van der Waals surface area contributed by atoms with Crippen molar-refractivity contribution in [3.8, 4) is 0 Å². The Bertz CT molecular complexity index is 797. The number of imide groups is 1. The minimum atomic E-state index is -0.739. The van der Waals surface area contributed by atoms with E-state index in [1.165, 1.54) is 4.90 Å². The van der Waals surface area contributed by atoms with Gasteiger partial charge < -0.3 is 24.9 Å². The zero-order valence-electron chi connectivity index (χ0n) is 17.3. The Morgan fingerprint density at radius 1 is 1.17 bits per heavy atom. The lowest BCUT2D eigenvalue weighted by atomic mass is 9.86. The van der Waals surface area contributed by atoms with Gasteiger partial charge in [-0.25, -0.2) is 9.78 Å². The normalized spacial score (nSPS) is 23.5. The van der Waals surface area contributed by atoms with Crippen molar-refractivity contribution in [3.63, 3.8) is 0 Å². The second kappa shape index (κ2) is 8.82. The lowest BCUT2D eigenvalue weighted by Crippen LogP contribution is -2.55. The summed E-state index contributed by atoms with van der Waals surface area (Å²) in [6, 6.07) is 1.63. The van der Waals surface area contributed by atoms with Crippen LogP contribution in [0, 0.1) is 0 Å². The molecule has 164 valence electrons. The highest BCUT2D eigenvalue weighted by Crippen LogP contribution is 2.36. The number of rotatable bonds is 2. The number of likely N-dealkylation sites (N-methyl/N-ethyl adjacent to an activating group) is 2. The van der Waals surface area contributed by atoms with E-state index in [9.17, 15) is 14.7 Å². The number of nitrogens with zero attached hydrogens (tertiary/aromatic N) is 6. The van der Waals surface area contributed by atoms with E-state index in [1.807, 2.05) is 6.07 Å². The van der Waals surface area contributed by atoms with Crippen LogP contribution in [0.4, 0.5) is 16.6 Å². The number of aromatic nitrogens is 2. The molecule has 11 nitrogen and oxygen atoms in total. The third-order valence-electron chi connectivity index (χ3n) is 6.14. The minimum Gasteiger partial charge on any atom is -0.483 e. The minimum absolute atomic E-state index is 0.119. The van der Waals surface area contributed by atoms with Gasteiger partial charge in [-0.15, -0.1) is 0 Å². The van der Waals surface area contributed by atoms with Crippen molar-refractivity contribution in [2.24, 2.45) is 0 Å². The van der Waals surface area contributed by atoms with Crippen LogP contribution in [0.2, 0.25) is 0 Å². The molecule has 4 rings (SSSR count). The van der Waals surface area contributed by atoms with Gasteiger partial charge in [0.05, 0.1) is 6.10 Å². The standard InChI is InChI=1S/C18H26N6O3.CH2O2/c1-21-15(26)18(22(2)17(21)27)6-10-23(11-7-18)16-19-8-5-14(20-16)24-9-3-4-13(25)12-24;2-1-3/h5,8,13,25H,3-4,6-7,9-12H2,1-2H3;1H,(H,2,3). The van der Waals surface area contributed by atoms with E-state index in [1.54, 1.807) is 25.2 Å². The van der Waals surface area contributed by atoms with Crippen LogP contribution in [0.25, 0.3) is 0 Å². The van der Waals surface area contributed by atoms with Crippen molar-refractivity contribution in [1.82, 2.24) is 19.8 Å². The number of β-amino-alcohol motifs (C(OH)–C–C–N with tert-alkyl or cyclic N) is 1. The molecule has 3 aliphatic heterocycles. The summed E-state index contributed by atoms with van der Waals surface area (Å²) in [5, 5.41) is 16.8.